The number of ketones is 1. The van der Waals surface area contributed by atoms with Crippen molar-refractivity contribution in [2.45, 2.75) is 0 Å². The highest BCUT2D eigenvalue weighted by molar-refractivity contribution is 6.15. The highest BCUT2D eigenvalue weighted by atomic mass is 19.1. The van der Waals surface area contributed by atoms with Gasteiger partial charge in [0.2, 0.25) is 0 Å². The monoisotopic (exact) mass is 385 g/mol. The second-order valence-electron chi connectivity index (χ2n) is 6.37. The lowest BCUT2D eigenvalue weighted by atomic mass is 10.0. The molecule has 1 amide bonds. The third kappa shape index (κ3) is 3.99. The normalized spacial score (nSPS) is 10.5. The van der Waals surface area contributed by atoms with E-state index in [2.05, 4.69) is 5.32 Å². The summed E-state index contributed by atoms with van der Waals surface area (Å²) < 4.78 is 18.7. The van der Waals surface area contributed by atoms with Crippen LogP contribution in [-0.2, 0) is 0 Å². The zero-order valence-electron chi connectivity index (χ0n) is 15.3. The van der Waals surface area contributed by atoms with Gasteiger partial charge in [-0.25, -0.2) is 4.39 Å². The Morgan fingerprint density at radius 1 is 0.759 bits per heavy atom. The zero-order valence-corrected chi connectivity index (χ0v) is 15.3. The van der Waals surface area contributed by atoms with Crippen LogP contribution in [-0.4, -0.2) is 11.7 Å². The predicted octanol–water partition coefficient (Wildman–Crippen LogP) is 5.57. The van der Waals surface area contributed by atoms with Crippen LogP contribution in [0.1, 0.15) is 26.5 Å². The molecule has 0 fully saturated rings. The largest absolute Gasteiger partial charge is 0.451 e. The summed E-state index contributed by atoms with van der Waals surface area (Å²) in [4.78, 5) is 25.4. The number of rotatable bonds is 5. The summed E-state index contributed by atoms with van der Waals surface area (Å²) in [5, 5.41) is 2.74. The number of benzene rings is 3. The maximum absolute atomic E-state index is 13.1. The summed E-state index contributed by atoms with van der Waals surface area (Å²) in [7, 11) is 0. The van der Waals surface area contributed by atoms with E-state index in [-0.39, 0.29) is 17.4 Å². The van der Waals surface area contributed by atoms with Crippen LogP contribution in [0.15, 0.2) is 95.4 Å². The Morgan fingerprint density at radius 3 is 2.21 bits per heavy atom. The highest BCUT2D eigenvalue weighted by Gasteiger charge is 2.17. The number of carbonyl (C=O) groups is 2. The van der Waals surface area contributed by atoms with Crippen molar-refractivity contribution in [2.75, 3.05) is 5.32 Å². The van der Waals surface area contributed by atoms with Gasteiger partial charge in [-0.05, 0) is 48.5 Å². The molecule has 4 nitrogen and oxygen atoms in total. The first-order valence-corrected chi connectivity index (χ1v) is 8.98. The molecule has 0 unspecified atom stereocenters. The first kappa shape index (κ1) is 18.4. The molecule has 4 rings (SSSR count). The van der Waals surface area contributed by atoms with Crippen LogP contribution in [0, 0.1) is 5.82 Å². The van der Waals surface area contributed by atoms with Crippen LogP contribution >= 0.6 is 0 Å². The molecule has 5 heteroatoms. The fraction of sp³-hybridized carbons (Fsp3) is 0. The van der Waals surface area contributed by atoms with E-state index < -0.39 is 5.91 Å². The van der Waals surface area contributed by atoms with Gasteiger partial charge in [0.25, 0.3) is 5.91 Å². The molecule has 142 valence electrons. The Balaban J connectivity index is 1.57. The van der Waals surface area contributed by atoms with Gasteiger partial charge >= 0.3 is 0 Å². The zero-order chi connectivity index (χ0) is 20.2. The summed E-state index contributed by atoms with van der Waals surface area (Å²) in [5.41, 5.74) is 1.97. The third-order valence-electron chi connectivity index (χ3n) is 4.41. The summed E-state index contributed by atoms with van der Waals surface area (Å²) in [6, 6.07) is 24.6. The molecular formula is C24H16FNO3. The Labute approximate surface area is 166 Å². The van der Waals surface area contributed by atoms with E-state index in [0.29, 0.717) is 28.1 Å². The van der Waals surface area contributed by atoms with E-state index in [4.69, 9.17) is 4.42 Å². The summed E-state index contributed by atoms with van der Waals surface area (Å²) >= 11 is 0. The summed E-state index contributed by atoms with van der Waals surface area (Å²) in [6.45, 7) is 0. The van der Waals surface area contributed by atoms with E-state index in [1.54, 1.807) is 66.7 Å². The minimum atomic E-state index is -0.480. The van der Waals surface area contributed by atoms with E-state index in [0.717, 1.165) is 0 Å². The average molecular weight is 385 g/mol. The van der Waals surface area contributed by atoms with Crippen molar-refractivity contribution in [3.63, 3.8) is 0 Å². The molecule has 0 spiro atoms. The number of hydrogen-bond donors (Lipinski definition) is 1. The molecule has 1 heterocycles. The molecule has 0 aliphatic heterocycles. The maximum atomic E-state index is 13.1. The van der Waals surface area contributed by atoms with Crippen molar-refractivity contribution in [3.8, 4) is 11.3 Å². The SMILES string of the molecule is O=C(Nc1ccccc1C(=O)c1ccccc1)c1ccc(-c2ccc(F)cc2)o1. The Bertz CT molecular complexity index is 1160. The van der Waals surface area contributed by atoms with E-state index in [1.807, 2.05) is 6.07 Å². The van der Waals surface area contributed by atoms with Crippen molar-refractivity contribution < 1.29 is 18.4 Å². The molecular weight excluding hydrogens is 369 g/mol. The van der Waals surface area contributed by atoms with Crippen molar-refractivity contribution in [1.82, 2.24) is 0 Å². The van der Waals surface area contributed by atoms with Crippen LogP contribution < -0.4 is 5.32 Å². The van der Waals surface area contributed by atoms with E-state index in [9.17, 15) is 14.0 Å². The van der Waals surface area contributed by atoms with Gasteiger partial charge in [-0.3, -0.25) is 9.59 Å². The minimum absolute atomic E-state index is 0.0892. The molecule has 0 aliphatic carbocycles. The van der Waals surface area contributed by atoms with Crippen LogP contribution in [0.4, 0.5) is 10.1 Å². The number of para-hydroxylation sites is 1. The molecule has 0 saturated heterocycles. The van der Waals surface area contributed by atoms with Crippen molar-refractivity contribution in [2.24, 2.45) is 0 Å². The lowest BCUT2D eigenvalue weighted by molar-refractivity contribution is 0.0997. The number of anilines is 1. The predicted molar refractivity (Wildman–Crippen MR) is 108 cm³/mol. The van der Waals surface area contributed by atoms with Gasteiger partial charge in [-0.15, -0.1) is 0 Å². The second kappa shape index (κ2) is 7.94. The van der Waals surface area contributed by atoms with Crippen LogP contribution in [0.2, 0.25) is 0 Å². The minimum Gasteiger partial charge on any atom is -0.451 e. The smallest absolute Gasteiger partial charge is 0.291 e. The number of nitrogens with one attached hydrogen (secondary N) is 1. The maximum Gasteiger partial charge on any atom is 0.291 e. The van der Waals surface area contributed by atoms with Gasteiger partial charge < -0.3 is 9.73 Å². The number of halogens is 1. The van der Waals surface area contributed by atoms with Gasteiger partial charge in [-0.1, -0.05) is 42.5 Å². The van der Waals surface area contributed by atoms with Gasteiger partial charge in [0.15, 0.2) is 11.5 Å². The van der Waals surface area contributed by atoms with Crippen LogP contribution in [0.3, 0.4) is 0 Å². The molecule has 1 aromatic heterocycles. The molecule has 3 aromatic carbocycles. The topological polar surface area (TPSA) is 59.3 Å². The number of amides is 1. The standard InChI is InChI=1S/C24H16FNO3/c25-18-12-10-16(11-13-18)21-14-15-22(29-21)24(28)26-20-9-5-4-8-19(20)23(27)17-6-2-1-3-7-17/h1-15H,(H,26,28). The Kier molecular flexibility index (Phi) is 5.03. The molecule has 0 saturated carbocycles. The Morgan fingerprint density at radius 2 is 1.45 bits per heavy atom. The van der Waals surface area contributed by atoms with Crippen LogP contribution in [0.5, 0.6) is 0 Å². The van der Waals surface area contributed by atoms with Crippen molar-refractivity contribution >= 4 is 17.4 Å². The molecule has 0 atom stereocenters. The molecule has 4 aromatic rings. The number of carbonyl (C=O) groups excluding carboxylic acids is 2. The Hall–Kier alpha value is -3.99. The summed E-state index contributed by atoms with van der Waals surface area (Å²) in [5.74, 6) is -0.479. The van der Waals surface area contributed by atoms with Crippen molar-refractivity contribution in [1.29, 1.82) is 0 Å². The highest BCUT2D eigenvalue weighted by Crippen LogP contribution is 2.24. The van der Waals surface area contributed by atoms with E-state index >= 15 is 0 Å². The van der Waals surface area contributed by atoms with Gasteiger partial charge in [0.1, 0.15) is 11.6 Å². The average Bonchev–Trinajstić information content (AvgIpc) is 3.25. The third-order valence-corrected chi connectivity index (χ3v) is 4.41. The molecule has 0 radical (unpaired) electrons. The van der Waals surface area contributed by atoms with Gasteiger partial charge in [0.05, 0.1) is 5.69 Å². The first-order chi connectivity index (χ1) is 14.1. The quantitative estimate of drug-likeness (QED) is 0.457. The van der Waals surface area contributed by atoms with Crippen LogP contribution in [0.25, 0.3) is 11.3 Å². The molecule has 0 aliphatic rings. The second-order valence-corrected chi connectivity index (χ2v) is 6.37. The lowest BCUT2D eigenvalue weighted by Gasteiger charge is -2.09. The fourth-order valence-corrected chi connectivity index (χ4v) is 2.95. The number of furan rings is 1. The van der Waals surface area contributed by atoms with Crippen molar-refractivity contribution in [3.05, 3.63) is 114 Å². The van der Waals surface area contributed by atoms with Gasteiger partial charge in [-0.2, -0.15) is 0 Å². The number of hydrogen-bond acceptors (Lipinski definition) is 3. The molecule has 29 heavy (non-hydrogen) atoms. The summed E-state index contributed by atoms with van der Waals surface area (Å²) in [6.07, 6.45) is 0. The molecule has 1 N–H and O–H groups in total. The fourth-order valence-electron chi connectivity index (χ4n) is 2.95. The first-order valence-electron chi connectivity index (χ1n) is 8.98. The van der Waals surface area contributed by atoms with Gasteiger partial charge in [0, 0.05) is 16.7 Å². The lowest BCUT2D eigenvalue weighted by Crippen LogP contribution is -2.14. The molecule has 0 bridgehead atoms. The van der Waals surface area contributed by atoms with E-state index in [1.165, 1.54) is 18.2 Å².